The smallest absolute Gasteiger partial charge is 0.195 e. The Morgan fingerprint density at radius 2 is 1.42 bits per heavy atom. The molecule has 1 aliphatic heterocycles. The first-order valence-corrected chi connectivity index (χ1v) is 16.1. The minimum Gasteiger partial charge on any atom is -0.492 e. The van der Waals surface area contributed by atoms with E-state index in [1.807, 2.05) is 80.6 Å². The zero-order chi connectivity index (χ0) is 29.9. The molecule has 0 N–H and O–H groups in total. The number of rotatable bonds is 16. The van der Waals surface area contributed by atoms with Crippen molar-refractivity contribution in [3.63, 3.8) is 0 Å². The van der Waals surface area contributed by atoms with Gasteiger partial charge in [0.05, 0.1) is 6.61 Å². The number of benzene rings is 3. The van der Waals surface area contributed by atoms with E-state index in [9.17, 15) is 4.79 Å². The molecule has 1 aromatic heterocycles. The first-order chi connectivity index (χ1) is 21.2. The van der Waals surface area contributed by atoms with Crippen LogP contribution >= 0.6 is 11.3 Å². The summed E-state index contributed by atoms with van der Waals surface area (Å²) in [4.78, 5) is 17.4. The molecule has 2 heterocycles. The lowest BCUT2D eigenvalue weighted by Crippen LogP contribution is -2.33. The Morgan fingerprint density at radius 1 is 0.744 bits per heavy atom. The van der Waals surface area contributed by atoms with E-state index in [1.54, 1.807) is 11.3 Å². The van der Waals surface area contributed by atoms with Crippen molar-refractivity contribution in [1.82, 2.24) is 4.90 Å². The largest absolute Gasteiger partial charge is 0.492 e. The number of thiophene rings is 1. The van der Waals surface area contributed by atoms with Gasteiger partial charge in [0.1, 0.15) is 30.5 Å². The van der Waals surface area contributed by atoms with Gasteiger partial charge in [0.2, 0.25) is 0 Å². The van der Waals surface area contributed by atoms with Crippen LogP contribution in [0.25, 0.3) is 20.5 Å². The number of hydrogen-bond donors (Lipinski definition) is 0. The van der Waals surface area contributed by atoms with Crippen LogP contribution in [-0.4, -0.2) is 70.1 Å². The van der Waals surface area contributed by atoms with Gasteiger partial charge in [-0.3, -0.25) is 9.69 Å². The summed E-state index contributed by atoms with van der Waals surface area (Å²) in [5.41, 5.74) is 2.26. The van der Waals surface area contributed by atoms with Crippen molar-refractivity contribution in [3.8, 4) is 27.7 Å². The quantitative estimate of drug-likeness (QED) is 0.0749. The fourth-order valence-corrected chi connectivity index (χ4v) is 6.41. The summed E-state index contributed by atoms with van der Waals surface area (Å²) in [6.45, 7) is 10.2. The van der Waals surface area contributed by atoms with Gasteiger partial charge >= 0.3 is 0 Å². The number of hydrogen-bond acceptors (Lipinski definition) is 8. The molecule has 5 rings (SSSR count). The fraction of sp³-hybridized carbons (Fsp3) is 0.400. The molecule has 0 radical (unpaired) electrons. The summed E-state index contributed by atoms with van der Waals surface area (Å²) in [7, 11) is 0. The van der Waals surface area contributed by atoms with Gasteiger partial charge in [-0.15, -0.1) is 11.3 Å². The van der Waals surface area contributed by atoms with Crippen LogP contribution in [0.1, 0.15) is 49.0 Å². The van der Waals surface area contributed by atoms with Crippen molar-refractivity contribution in [3.05, 3.63) is 77.9 Å². The Hall–Kier alpha value is -3.43. The Balaban J connectivity index is 1.37. The zero-order valence-electron chi connectivity index (χ0n) is 25.1. The molecule has 43 heavy (non-hydrogen) atoms. The average Bonchev–Trinajstić information content (AvgIpc) is 3.43. The molecule has 0 aliphatic carbocycles. The van der Waals surface area contributed by atoms with Crippen molar-refractivity contribution >= 4 is 27.2 Å². The Labute approximate surface area is 258 Å². The van der Waals surface area contributed by atoms with E-state index in [4.69, 9.17) is 23.7 Å². The molecule has 0 spiro atoms. The van der Waals surface area contributed by atoms with Gasteiger partial charge in [-0.05, 0) is 112 Å². The van der Waals surface area contributed by atoms with Crippen LogP contribution in [0, 0.1) is 0 Å². The van der Waals surface area contributed by atoms with Crippen LogP contribution in [-0.2, 0) is 9.47 Å². The first-order valence-electron chi connectivity index (χ1n) is 15.2. The summed E-state index contributed by atoms with van der Waals surface area (Å²) in [6.07, 6.45) is 3.86. The molecule has 0 amide bonds. The summed E-state index contributed by atoms with van der Waals surface area (Å²) in [5, 5.41) is 0.896. The average molecular weight is 604 g/mol. The zero-order valence-corrected chi connectivity index (χ0v) is 26.0. The van der Waals surface area contributed by atoms with E-state index in [0.717, 1.165) is 51.7 Å². The predicted octanol–water partition coefficient (Wildman–Crippen LogP) is 7.45. The second-order valence-electron chi connectivity index (χ2n) is 10.4. The Morgan fingerprint density at radius 3 is 2.14 bits per heavy atom. The van der Waals surface area contributed by atoms with E-state index in [-0.39, 0.29) is 12.6 Å². The molecule has 0 atom stereocenters. The molecule has 228 valence electrons. The highest BCUT2D eigenvalue weighted by Gasteiger charge is 2.22. The summed E-state index contributed by atoms with van der Waals surface area (Å²) >= 11 is 1.58. The maximum absolute atomic E-state index is 14.1. The van der Waals surface area contributed by atoms with Gasteiger partial charge < -0.3 is 23.7 Å². The van der Waals surface area contributed by atoms with E-state index in [1.165, 1.54) is 19.3 Å². The molecule has 4 aromatic rings. The molecule has 0 saturated carbocycles. The number of fused-ring (bicyclic) bond motifs is 1. The number of nitrogens with zero attached hydrogens (tertiary/aromatic N) is 1. The second kappa shape index (κ2) is 15.9. The van der Waals surface area contributed by atoms with Crippen LogP contribution < -0.4 is 14.2 Å². The minimum atomic E-state index is -0.0267. The van der Waals surface area contributed by atoms with Gasteiger partial charge in [-0.2, -0.15) is 0 Å². The molecule has 0 unspecified atom stereocenters. The number of ketones is 1. The Kier molecular flexibility index (Phi) is 11.4. The normalized spacial score (nSPS) is 13.7. The number of carbonyl (C=O) groups is 1. The van der Waals surface area contributed by atoms with Crippen molar-refractivity contribution in [2.75, 3.05) is 59.5 Å². The fourth-order valence-electron chi connectivity index (χ4n) is 5.18. The molecule has 1 saturated heterocycles. The number of ether oxygens (including phenoxy) is 5. The summed E-state index contributed by atoms with van der Waals surface area (Å²) < 4.78 is 29.3. The van der Waals surface area contributed by atoms with Crippen molar-refractivity contribution < 1.29 is 28.5 Å². The van der Waals surface area contributed by atoms with Gasteiger partial charge in [-0.25, -0.2) is 0 Å². The summed E-state index contributed by atoms with van der Waals surface area (Å²) in [6, 6.07) is 21.2. The van der Waals surface area contributed by atoms with Crippen LogP contribution in [0.5, 0.6) is 17.2 Å². The third kappa shape index (κ3) is 8.36. The van der Waals surface area contributed by atoms with Crippen molar-refractivity contribution in [2.45, 2.75) is 33.1 Å². The van der Waals surface area contributed by atoms with Gasteiger partial charge in [0.25, 0.3) is 0 Å². The number of piperidine rings is 1. The Bertz CT molecular complexity index is 1440. The molecule has 0 bridgehead atoms. The van der Waals surface area contributed by atoms with Crippen LogP contribution in [0.2, 0.25) is 0 Å². The minimum absolute atomic E-state index is 0.0267. The maximum Gasteiger partial charge on any atom is 0.195 e. The molecular weight excluding hydrogens is 562 g/mol. The lowest BCUT2D eigenvalue weighted by atomic mass is 9.97. The van der Waals surface area contributed by atoms with Crippen molar-refractivity contribution in [2.24, 2.45) is 0 Å². The standard InChI is InChI=1S/C35H41NO6S/c1-3-38-22-23-41-29-14-10-27(11-15-29)35-33(31-17-16-30(24-32(31)43-35)42-25-39-4-2)34(37)26-8-12-28(13-9-26)40-21-20-36-18-6-5-7-19-36/h8-17,24H,3-7,18-23,25H2,1-2H3. The lowest BCUT2D eigenvalue weighted by molar-refractivity contribution is 0.0225. The monoisotopic (exact) mass is 603 g/mol. The third-order valence-electron chi connectivity index (χ3n) is 7.46. The van der Waals surface area contributed by atoms with Crippen LogP contribution in [0.15, 0.2) is 66.7 Å². The van der Waals surface area contributed by atoms with E-state index in [0.29, 0.717) is 49.9 Å². The van der Waals surface area contributed by atoms with Crippen LogP contribution in [0.3, 0.4) is 0 Å². The molecule has 1 fully saturated rings. The molecule has 3 aromatic carbocycles. The molecule has 7 nitrogen and oxygen atoms in total. The van der Waals surface area contributed by atoms with Gasteiger partial charge in [0, 0.05) is 45.8 Å². The van der Waals surface area contributed by atoms with E-state index < -0.39 is 0 Å². The van der Waals surface area contributed by atoms with Crippen molar-refractivity contribution in [1.29, 1.82) is 0 Å². The summed E-state index contributed by atoms with van der Waals surface area (Å²) in [5.74, 6) is 2.22. The highest BCUT2D eigenvalue weighted by molar-refractivity contribution is 7.22. The van der Waals surface area contributed by atoms with Gasteiger partial charge in [-0.1, -0.05) is 6.42 Å². The topological polar surface area (TPSA) is 66.5 Å². The third-order valence-corrected chi connectivity index (χ3v) is 8.66. The maximum atomic E-state index is 14.1. The van der Waals surface area contributed by atoms with Crippen LogP contribution in [0.4, 0.5) is 0 Å². The SMILES string of the molecule is CCOCCOc1ccc(-c2sc3cc(OCOCC)ccc3c2C(=O)c2ccc(OCCN3CCCCC3)cc2)cc1. The number of likely N-dealkylation sites (tertiary alicyclic amines) is 1. The van der Waals surface area contributed by atoms with E-state index in [2.05, 4.69) is 4.90 Å². The molecular formula is C35H41NO6S. The molecule has 1 aliphatic rings. The predicted molar refractivity (Wildman–Crippen MR) is 172 cm³/mol. The number of carbonyl (C=O) groups excluding carboxylic acids is 1. The molecule has 8 heteroatoms. The van der Waals surface area contributed by atoms with Gasteiger partial charge in [0.15, 0.2) is 12.6 Å². The lowest BCUT2D eigenvalue weighted by Gasteiger charge is -2.26. The second-order valence-corrected chi connectivity index (χ2v) is 11.4. The van der Waals surface area contributed by atoms with E-state index >= 15 is 0 Å². The highest BCUT2D eigenvalue weighted by atomic mass is 32.1. The highest BCUT2D eigenvalue weighted by Crippen LogP contribution is 2.41. The first kappa shape index (κ1) is 31.0.